The summed E-state index contributed by atoms with van der Waals surface area (Å²) in [6, 6.07) is 0. The van der Waals surface area contributed by atoms with Crippen molar-refractivity contribution >= 4 is 28.0 Å². The number of aliphatic imine (C=N–C) groups is 1. The summed E-state index contributed by atoms with van der Waals surface area (Å²) in [5.41, 5.74) is 5.11. The molecule has 15 N–H and O–H groups in total. The van der Waals surface area contributed by atoms with Crippen LogP contribution in [-0.4, -0.2) is 167 Å². The Hall–Kier alpha value is -4.82. The van der Waals surface area contributed by atoms with Crippen molar-refractivity contribution in [2.45, 2.75) is 205 Å². The topological polar surface area (TPSA) is 371 Å². The predicted molar refractivity (Wildman–Crippen MR) is 325 cm³/mol. The number of Topliss-reactive ketones (excluding diaryl/α,β-unsaturated/α-hetero) is 1. The normalized spacial score (nSPS) is 19.1. The second-order valence-electron chi connectivity index (χ2n) is 22.0. The van der Waals surface area contributed by atoms with Gasteiger partial charge in [0, 0.05) is 55.4 Å². The maximum atomic E-state index is 13.0. The number of nitrogens with one attached hydrogen (secondary N) is 1. The van der Waals surface area contributed by atoms with Gasteiger partial charge in [-0.1, -0.05) is 169 Å². The van der Waals surface area contributed by atoms with E-state index < -0.39 is 107 Å². The molecular weight excluding hydrogens is 1090 g/mol. The molecule has 0 heterocycles. The number of ketones is 1. The quantitative estimate of drug-likeness (QED) is 0.00918. The van der Waals surface area contributed by atoms with E-state index in [0.717, 1.165) is 12.8 Å². The number of hydrogen-bond acceptors (Lipinski definition) is 17. The van der Waals surface area contributed by atoms with Gasteiger partial charge in [-0.05, 0) is 64.2 Å². The number of amides is 1. The van der Waals surface area contributed by atoms with E-state index in [2.05, 4.69) is 16.9 Å². The van der Waals surface area contributed by atoms with E-state index in [4.69, 9.17) is 9.92 Å². The van der Waals surface area contributed by atoms with Gasteiger partial charge in [-0.15, -0.1) is 6.58 Å². The maximum Gasteiger partial charge on any atom is 0.397 e. The molecule has 0 spiro atoms. The SMILES string of the molecule is C=CCC/C=C/C(C)C(O)C(C)C(O)/C=C/C=C/C=C/C=C/C=C/C=C/CC(OS(=O)(=O)O)C(C)C(=O)CC(O)CC(O)/C=C/CC(O)CC(O)CC(O)/C=C/CC(O)CC(O)/C=C/CC(O)CC(O)CCCN=C(N)NC(=O)C(C)(C)C. The molecular formula is C62H101N3O17S. The van der Waals surface area contributed by atoms with Crippen LogP contribution in [0, 0.1) is 23.2 Å². The molecule has 15 unspecified atom stereocenters. The molecule has 0 aromatic rings. The number of carbonyl (C=O) groups is 2. The van der Waals surface area contributed by atoms with E-state index in [9.17, 15) is 78.7 Å². The number of nitrogens with zero attached hydrogens (tertiary/aromatic N) is 1. The fourth-order valence-corrected chi connectivity index (χ4v) is 8.48. The molecule has 1 amide bonds. The number of allylic oxidation sites excluding steroid dienone is 12. The Morgan fingerprint density at radius 2 is 1.06 bits per heavy atom. The zero-order valence-electron chi connectivity index (χ0n) is 49.4. The lowest BCUT2D eigenvalue weighted by Gasteiger charge is -2.25. The second kappa shape index (κ2) is 44.6. The van der Waals surface area contributed by atoms with Gasteiger partial charge in [-0.3, -0.25) is 24.5 Å². The van der Waals surface area contributed by atoms with Gasteiger partial charge in [0.15, 0.2) is 5.96 Å². The van der Waals surface area contributed by atoms with Gasteiger partial charge in [0.05, 0.1) is 73.2 Å². The first-order valence-corrected chi connectivity index (χ1v) is 29.9. The molecule has 0 rings (SSSR count). The lowest BCUT2D eigenvalue weighted by Crippen LogP contribution is -2.43. The Labute approximate surface area is 493 Å². The Kier molecular flexibility index (Phi) is 42.0. The molecule has 0 aromatic carbocycles. The highest BCUT2D eigenvalue weighted by Crippen LogP contribution is 2.22. The maximum absolute atomic E-state index is 13.0. The monoisotopic (exact) mass is 1190 g/mol. The Balaban J connectivity index is 4.75. The summed E-state index contributed by atoms with van der Waals surface area (Å²) in [6.07, 6.45) is 24.1. The highest BCUT2D eigenvalue weighted by Gasteiger charge is 2.30. The van der Waals surface area contributed by atoms with Crippen LogP contribution in [0.15, 0.2) is 139 Å². The third kappa shape index (κ3) is 42.6. The predicted octanol–water partition coefficient (Wildman–Crippen LogP) is 5.31. The Morgan fingerprint density at radius 3 is 1.57 bits per heavy atom. The molecule has 0 aliphatic rings. The first-order valence-electron chi connectivity index (χ1n) is 28.5. The van der Waals surface area contributed by atoms with Crippen LogP contribution in [0.2, 0.25) is 0 Å². The fourth-order valence-electron chi connectivity index (χ4n) is 7.92. The van der Waals surface area contributed by atoms with Crippen LogP contribution >= 0.6 is 0 Å². The van der Waals surface area contributed by atoms with Crippen LogP contribution < -0.4 is 11.1 Å². The van der Waals surface area contributed by atoms with E-state index in [1.807, 2.05) is 25.2 Å². The molecule has 0 radical (unpaired) electrons. The standard InChI is InChI=1S/C62H101N3O17S/c1-8-9-10-20-27-44(2)59(77)46(4)56(75)35-21-18-16-14-12-11-13-15-17-19-22-36-58(82-83(79,80)81)45(3)57(76)43-55(74)42-52(71)33-25-32-51(70)41-54(73)40-50(69)31-24-30-48(67)38-47(66)28-23-29-49(68)39-53(72)34-26-37-64-61(63)65-60(78)62(5,6)7/h8,11-25,27-28,31,33,35,44-56,58-59,66-75,77H,1,9-10,26,29-30,32,34,36-43H2,2-7H3,(H,79,80,81)(H3,63,64,65,78)/b13-11+,14-12+,17-15+,18-16+,22-19+,27-20+,28-23+,31-24+,33-25+,35-21+. The summed E-state index contributed by atoms with van der Waals surface area (Å²) >= 11 is 0. The minimum atomic E-state index is -4.95. The largest absolute Gasteiger partial charge is 0.397 e. The van der Waals surface area contributed by atoms with Gasteiger partial charge in [-0.2, -0.15) is 8.42 Å². The van der Waals surface area contributed by atoms with E-state index in [0.29, 0.717) is 12.8 Å². The van der Waals surface area contributed by atoms with Gasteiger partial charge >= 0.3 is 10.4 Å². The lowest BCUT2D eigenvalue weighted by molar-refractivity contribution is -0.128. The minimum Gasteiger partial charge on any atom is -0.393 e. The highest BCUT2D eigenvalue weighted by molar-refractivity contribution is 7.80. The average Bonchev–Trinajstić information content (AvgIpc) is 3.47. The number of aliphatic hydroxyl groups excluding tert-OH is 11. The van der Waals surface area contributed by atoms with Crippen LogP contribution in [0.4, 0.5) is 0 Å². The van der Waals surface area contributed by atoms with Crippen molar-refractivity contribution in [2.24, 2.45) is 33.9 Å². The van der Waals surface area contributed by atoms with Crippen molar-refractivity contribution in [3.05, 3.63) is 134 Å². The molecule has 0 aliphatic carbocycles. The van der Waals surface area contributed by atoms with Crippen LogP contribution in [0.25, 0.3) is 0 Å². The molecule has 0 aliphatic heterocycles. The second-order valence-corrected chi connectivity index (χ2v) is 23.1. The van der Waals surface area contributed by atoms with Crippen molar-refractivity contribution < 1.29 is 82.9 Å². The molecule has 0 fully saturated rings. The van der Waals surface area contributed by atoms with E-state index >= 15 is 0 Å². The molecule has 20 nitrogen and oxygen atoms in total. The first kappa shape index (κ1) is 78.2. The van der Waals surface area contributed by atoms with Gasteiger partial charge in [0.25, 0.3) is 0 Å². The Bertz CT molecular complexity index is 2270. The zero-order valence-corrected chi connectivity index (χ0v) is 50.3. The van der Waals surface area contributed by atoms with Gasteiger partial charge < -0.3 is 61.9 Å². The number of aliphatic hydroxyl groups is 11. The number of carbonyl (C=O) groups excluding carboxylic acids is 2. The molecule has 83 heavy (non-hydrogen) atoms. The zero-order chi connectivity index (χ0) is 63.0. The first-order chi connectivity index (χ1) is 38.9. The van der Waals surface area contributed by atoms with Crippen LogP contribution in [0.5, 0.6) is 0 Å². The van der Waals surface area contributed by atoms with Crippen LogP contribution in [-0.2, 0) is 24.2 Å². The van der Waals surface area contributed by atoms with Gasteiger partial charge in [0.2, 0.25) is 5.91 Å². The van der Waals surface area contributed by atoms with Crippen molar-refractivity contribution in [1.82, 2.24) is 5.32 Å². The number of guanidine groups is 1. The van der Waals surface area contributed by atoms with Crippen molar-refractivity contribution in [3.63, 3.8) is 0 Å². The van der Waals surface area contributed by atoms with Gasteiger partial charge in [0.1, 0.15) is 5.78 Å². The average molecular weight is 1190 g/mol. The van der Waals surface area contributed by atoms with Gasteiger partial charge in [-0.25, -0.2) is 4.18 Å². The number of hydrogen-bond donors (Lipinski definition) is 14. The fraction of sp³-hybridized carbons (Fsp3) is 0.597. The summed E-state index contributed by atoms with van der Waals surface area (Å²) in [7, 11) is -4.95. The summed E-state index contributed by atoms with van der Waals surface area (Å²) in [4.78, 5) is 29.1. The van der Waals surface area contributed by atoms with Crippen molar-refractivity contribution in [3.8, 4) is 0 Å². The van der Waals surface area contributed by atoms with Crippen LogP contribution in [0.3, 0.4) is 0 Å². The van der Waals surface area contributed by atoms with E-state index in [1.54, 1.807) is 107 Å². The lowest BCUT2D eigenvalue weighted by atomic mass is 9.88. The molecule has 0 saturated carbocycles. The smallest absolute Gasteiger partial charge is 0.393 e. The summed E-state index contributed by atoms with van der Waals surface area (Å²) in [6.45, 7) is 14.3. The molecule has 0 bridgehead atoms. The number of nitrogens with two attached hydrogens (primary N) is 1. The summed E-state index contributed by atoms with van der Waals surface area (Å²) in [5.74, 6) is -2.42. The number of rotatable bonds is 44. The minimum absolute atomic E-state index is 0.00159. The molecule has 0 aromatic heterocycles. The van der Waals surface area contributed by atoms with Crippen molar-refractivity contribution in [2.75, 3.05) is 6.54 Å². The molecule has 15 atom stereocenters. The summed E-state index contributed by atoms with van der Waals surface area (Å²) in [5, 5.41) is 117. The number of unbranched alkanes of at least 4 members (excludes halogenated alkanes) is 1. The van der Waals surface area contributed by atoms with E-state index in [-0.39, 0.29) is 88.0 Å². The molecule has 21 heteroatoms. The molecule has 472 valence electrons. The summed E-state index contributed by atoms with van der Waals surface area (Å²) < 4.78 is 37.4. The van der Waals surface area contributed by atoms with Crippen molar-refractivity contribution in [1.29, 1.82) is 0 Å². The molecule has 0 saturated heterocycles. The van der Waals surface area contributed by atoms with Crippen LogP contribution in [0.1, 0.15) is 131 Å². The third-order valence-electron chi connectivity index (χ3n) is 13.0. The van der Waals surface area contributed by atoms with E-state index in [1.165, 1.54) is 37.3 Å². The highest BCUT2D eigenvalue weighted by atomic mass is 32.3. The Morgan fingerprint density at radius 1 is 0.590 bits per heavy atom. The third-order valence-corrected chi connectivity index (χ3v) is 13.5.